The Bertz CT molecular complexity index is 319. The van der Waals surface area contributed by atoms with Crippen molar-refractivity contribution >= 4 is 25.4 Å². The molecule has 0 saturated carbocycles. The zero-order chi connectivity index (χ0) is 13.1. The van der Waals surface area contributed by atoms with E-state index < -0.39 is 6.40 Å². The monoisotopic (exact) mass is 320 g/mol. The van der Waals surface area contributed by atoms with Crippen molar-refractivity contribution in [2.75, 3.05) is 42.3 Å². The predicted octanol–water partition coefficient (Wildman–Crippen LogP) is 1.38. The van der Waals surface area contributed by atoms with E-state index in [4.69, 9.17) is 0 Å². The summed E-state index contributed by atoms with van der Waals surface area (Å²) in [5.41, 5.74) is 0. The number of benzene rings is 1. The third-order valence-electron chi connectivity index (χ3n) is 2.53. The van der Waals surface area contributed by atoms with Crippen LogP contribution in [-0.4, -0.2) is 70.8 Å². The van der Waals surface area contributed by atoms with E-state index in [-0.39, 0.29) is 0 Å². The van der Waals surface area contributed by atoms with Crippen LogP contribution in [0, 0.1) is 0 Å². The number of hydrogen-bond acceptors (Lipinski definition) is 3. The summed E-state index contributed by atoms with van der Waals surface area (Å²) in [6.45, 7) is 0. The standard InChI is InChI=1S/C12H23N3PSe/c1-13(2)16(14(3)4,15(5)6)17-12-10-8-7-9-11-12/h7-11H,1-6H3/q+1. The molecular weight excluding hydrogens is 296 g/mol. The van der Waals surface area contributed by atoms with E-state index in [2.05, 4.69) is 86.6 Å². The van der Waals surface area contributed by atoms with E-state index in [1.54, 1.807) is 0 Å². The number of nitrogens with zero attached hydrogens (tertiary/aromatic N) is 3. The summed E-state index contributed by atoms with van der Waals surface area (Å²) in [5, 5.41) is 0. The maximum atomic E-state index is 2.40. The molecule has 3 nitrogen and oxygen atoms in total. The fourth-order valence-corrected chi connectivity index (χ4v) is 10.9. The Morgan fingerprint density at radius 2 is 1.18 bits per heavy atom. The summed E-state index contributed by atoms with van der Waals surface area (Å²) >= 11 is 0.435. The minimum atomic E-state index is -1.37. The van der Waals surface area contributed by atoms with Gasteiger partial charge in [0, 0.05) is 0 Å². The Kier molecular flexibility index (Phi) is 5.59. The molecule has 0 fully saturated rings. The van der Waals surface area contributed by atoms with E-state index in [9.17, 15) is 0 Å². The molecule has 0 aliphatic carbocycles. The van der Waals surface area contributed by atoms with Crippen molar-refractivity contribution in [3.05, 3.63) is 30.3 Å². The third kappa shape index (κ3) is 3.29. The molecule has 0 unspecified atom stereocenters. The van der Waals surface area contributed by atoms with Crippen LogP contribution in [0.5, 0.6) is 0 Å². The van der Waals surface area contributed by atoms with Crippen molar-refractivity contribution in [2.45, 2.75) is 0 Å². The molecule has 0 saturated heterocycles. The van der Waals surface area contributed by atoms with Crippen LogP contribution in [-0.2, 0) is 0 Å². The first-order valence-electron chi connectivity index (χ1n) is 5.58. The van der Waals surface area contributed by atoms with E-state index in [0.717, 1.165) is 0 Å². The molecule has 0 aromatic heterocycles. The van der Waals surface area contributed by atoms with Gasteiger partial charge in [0.05, 0.1) is 0 Å². The van der Waals surface area contributed by atoms with Gasteiger partial charge in [0.15, 0.2) is 0 Å². The Labute approximate surface area is 112 Å². The van der Waals surface area contributed by atoms with Gasteiger partial charge in [0.2, 0.25) is 0 Å². The Morgan fingerprint density at radius 3 is 1.53 bits per heavy atom. The van der Waals surface area contributed by atoms with E-state index >= 15 is 0 Å². The first-order chi connectivity index (χ1) is 7.91. The molecule has 1 aromatic carbocycles. The zero-order valence-electron chi connectivity index (χ0n) is 11.6. The van der Waals surface area contributed by atoms with Gasteiger partial charge >= 0.3 is 112 Å². The summed E-state index contributed by atoms with van der Waals surface area (Å²) in [4.78, 5) is 0. The van der Waals surface area contributed by atoms with Crippen molar-refractivity contribution < 1.29 is 0 Å². The molecule has 0 N–H and O–H groups in total. The molecular formula is C12H23N3PSe+. The van der Waals surface area contributed by atoms with E-state index in [1.807, 2.05) is 0 Å². The van der Waals surface area contributed by atoms with Gasteiger partial charge in [-0.15, -0.1) is 0 Å². The Balaban J connectivity index is 3.07. The van der Waals surface area contributed by atoms with Crippen LogP contribution < -0.4 is 4.46 Å². The van der Waals surface area contributed by atoms with Crippen LogP contribution in [0.15, 0.2) is 30.3 Å². The van der Waals surface area contributed by atoms with E-state index in [0.29, 0.717) is 14.5 Å². The van der Waals surface area contributed by atoms with Gasteiger partial charge in [-0.25, -0.2) is 0 Å². The molecule has 0 heterocycles. The molecule has 5 heteroatoms. The third-order valence-corrected chi connectivity index (χ3v) is 15.7. The van der Waals surface area contributed by atoms with Crippen molar-refractivity contribution in [2.24, 2.45) is 0 Å². The number of hydrogen-bond donors (Lipinski definition) is 0. The van der Waals surface area contributed by atoms with Crippen LogP contribution in [0.4, 0.5) is 0 Å². The molecule has 0 aliphatic rings. The maximum absolute atomic E-state index is 2.40. The quantitative estimate of drug-likeness (QED) is 0.600. The molecule has 0 spiro atoms. The molecule has 1 aromatic rings. The second kappa shape index (κ2) is 6.28. The average Bonchev–Trinajstić information content (AvgIpc) is 2.25. The molecule has 0 radical (unpaired) electrons. The Morgan fingerprint density at radius 1 is 0.765 bits per heavy atom. The summed E-state index contributed by atoms with van der Waals surface area (Å²) < 4.78 is 8.67. The average molecular weight is 319 g/mol. The van der Waals surface area contributed by atoms with Gasteiger partial charge in [0.1, 0.15) is 0 Å². The summed E-state index contributed by atoms with van der Waals surface area (Å²) in [6.07, 6.45) is -1.37. The van der Waals surface area contributed by atoms with Gasteiger partial charge < -0.3 is 0 Å². The summed E-state index contributed by atoms with van der Waals surface area (Å²) in [5.74, 6) is 0. The van der Waals surface area contributed by atoms with Crippen LogP contribution in [0.25, 0.3) is 0 Å². The normalized spacial score (nSPS) is 12.8. The van der Waals surface area contributed by atoms with Gasteiger partial charge in [-0.1, -0.05) is 0 Å². The van der Waals surface area contributed by atoms with Gasteiger partial charge in [-0.3, -0.25) is 0 Å². The molecule has 1 rings (SSSR count). The van der Waals surface area contributed by atoms with Gasteiger partial charge in [-0.2, -0.15) is 0 Å². The first kappa shape index (κ1) is 15.1. The first-order valence-corrected chi connectivity index (χ1v) is 10.3. The Hall–Kier alpha value is 0.0495. The van der Waals surface area contributed by atoms with Crippen LogP contribution >= 0.6 is 6.40 Å². The molecule has 0 bridgehead atoms. The minimum absolute atomic E-state index is 0.435. The summed E-state index contributed by atoms with van der Waals surface area (Å²) in [6, 6.07) is 10.8. The summed E-state index contributed by atoms with van der Waals surface area (Å²) in [7, 11) is 13.2. The zero-order valence-corrected chi connectivity index (χ0v) is 14.2. The fourth-order valence-electron chi connectivity index (χ4n) is 1.94. The van der Waals surface area contributed by atoms with Crippen LogP contribution in [0.2, 0.25) is 0 Å². The van der Waals surface area contributed by atoms with Crippen LogP contribution in [0.1, 0.15) is 0 Å². The second-order valence-corrected chi connectivity index (χ2v) is 13.3. The van der Waals surface area contributed by atoms with Crippen molar-refractivity contribution in [3.63, 3.8) is 0 Å². The molecule has 17 heavy (non-hydrogen) atoms. The fraction of sp³-hybridized carbons (Fsp3) is 0.500. The number of rotatable bonds is 5. The van der Waals surface area contributed by atoms with Gasteiger partial charge in [0.25, 0.3) is 0 Å². The molecule has 0 aliphatic heterocycles. The molecule has 96 valence electrons. The van der Waals surface area contributed by atoms with Crippen molar-refractivity contribution in [1.82, 2.24) is 14.0 Å². The van der Waals surface area contributed by atoms with E-state index in [1.165, 1.54) is 4.46 Å². The van der Waals surface area contributed by atoms with Gasteiger partial charge in [-0.05, 0) is 0 Å². The van der Waals surface area contributed by atoms with Crippen molar-refractivity contribution in [1.29, 1.82) is 0 Å². The van der Waals surface area contributed by atoms with Crippen LogP contribution in [0.3, 0.4) is 0 Å². The second-order valence-electron chi connectivity index (χ2n) is 4.46. The molecule has 0 atom stereocenters. The SMILES string of the molecule is CN(C)[P+]([Se]c1ccccc1)(N(C)C)N(C)C. The van der Waals surface area contributed by atoms with Crippen molar-refractivity contribution in [3.8, 4) is 0 Å². The molecule has 0 amide bonds. The topological polar surface area (TPSA) is 9.72 Å². The predicted molar refractivity (Wildman–Crippen MR) is 79.8 cm³/mol.